The molecule has 0 bridgehead atoms. The van der Waals surface area contributed by atoms with Crippen LogP contribution in [0.2, 0.25) is 0 Å². The summed E-state index contributed by atoms with van der Waals surface area (Å²) >= 11 is 1.27. The summed E-state index contributed by atoms with van der Waals surface area (Å²) in [5.74, 6) is -0.812. The second-order valence-corrected chi connectivity index (χ2v) is 8.77. The van der Waals surface area contributed by atoms with Gasteiger partial charge in [0.25, 0.3) is 5.91 Å². The number of rotatable bonds is 7. The topological polar surface area (TPSA) is 79.7 Å². The number of aliphatic hydroxyl groups is 1. The van der Waals surface area contributed by atoms with Crippen molar-refractivity contribution in [1.82, 2.24) is 9.88 Å². The molecular formula is C25H24N2O4S. The molecule has 3 aromatic rings. The molecule has 6 nitrogen and oxygen atoms in total. The number of carbonyl (C=O) groups is 2. The standard InChI is InChI=1S/C25H24N2O4S/c1-4-31-19-12-8-11-18(13-19)21-20(22(28)24-15(2)26-16(3)32-24)23(29)25(30)27(21)14-17-9-6-5-7-10-17/h5-13,21,29H,4,14H2,1-3H3. The molecule has 1 aromatic heterocycles. The number of aromatic nitrogens is 1. The van der Waals surface area contributed by atoms with Crippen molar-refractivity contribution in [2.24, 2.45) is 0 Å². The zero-order valence-corrected chi connectivity index (χ0v) is 19.0. The summed E-state index contributed by atoms with van der Waals surface area (Å²) in [5, 5.41) is 11.6. The lowest BCUT2D eigenvalue weighted by Gasteiger charge is -2.27. The fourth-order valence-electron chi connectivity index (χ4n) is 3.98. The molecule has 4 rings (SSSR count). The van der Waals surface area contributed by atoms with E-state index in [2.05, 4.69) is 4.98 Å². The highest BCUT2D eigenvalue weighted by molar-refractivity contribution is 7.14. The molecular weight excluding hydrogens is 424 g/mol. The SMILES string of the molecule is CCOc1cccc(C2C(C(=O)c3sc(C)nc3C)=C(O)C(=O)N2Cc2ccccc2)c1. The maximum atomic E-state index is 13.6. The molecule has 0 saturated carbocycles. The van der Waals surface area contributed by atoms with E-state index < -0.39 is 17.7 Å². The Morgan fingerprint density at radius 3 is 2.56 bits per heavy atom. The number of benzene rings is 2. The molecule has 0 fully saturated rings. The molecule has 1 aliphatic heterocycles. The molecule has 2 heterocycles. The highest BCUT2D eigenvalue weighted by atomic mass is 32.1. The number of nitrogens with zero attached hydrogens (tertiary/aromatic N) is 2. The van der Waals surface area contributed by atoms with E-state index in [0.29, 0.717) is 28.5 Å². The van der Waals surface area contributed by atoms with E-state index in [-0.39, 0.29) is 17.9 Å². The molecule has 0 saturated heterocycles. The lowest BCUT2D eigenvalue weighted by molar-refractivity contribution is -0.130. The number of carbonyl (C=O) groups excluding carboxylic acids is 2. The maximum absolute atomic E-state index is 13.6. The molecule has 2 aromatic carbocycles. The van der Waals surface area contributed by atoms with Gasteiger partial charge in [0.15, 0.2) is 5.76 Å². The second kappa shape index (κ2) is 8.96. The summed E-state index contributed by atoms with van der Waals surface area (Å²) in [7, 11) is 0. The van der Waals surface area contributed by atoms with Gasteiger partial charge >= 0.3 is 0 Å². The van der Waals surface area contributed by atoms with Crippen LogP contribution < -0.4 is 4.74 Å². The van der Waals surface area contributed by atoms with Crippen LogP contribution in [0.25, 0.3) is 0 Å². The number of thiazole rings is 1. The summed E-state index contributed by atoms with van der Waals surface area (Å²) < 4.78 is 5.64. The second-order valence-electron chi connectivity index (χ2n) is 7.57. The zero-order valence-electron chi connectivity index (χ0n) is 18.2. The number of hydrogen-bond acceptors (Lipinski definition) is 6. The average Bonchev–Trinajstić information content (AvgIpc) is 3.25. The van der Waals surface area contributed by atoms with Crippen molar-refractivity contribution in [1.29, 1.82) is 0 Å². The molecule has 1 unspecified atom stereocenters. The van der Waals surface area contributed by atoms with Crippen LogP contribution in [0, 0.1) is 13.8 Å². The third kappa shape index (κ3) is 4.03. The van der Waals surface area contributed by atoms with Crippen LogP contribution in [0.5, 0.6) is 5.75 Å². The highest BCUT2D eigenvalue weighted by Crippen LogP contribution is 2.41. The number of aliphatic hydroxyl groups excluding tert-OH is 1. The van der Waals surface area contributed by atoms with E-state index in [1.54, 1.807) is 6.92 Å². The molecule has 0 aliphatic carbocycles. The minimum absolute atomic E-state index is 0.0753. The molecule has 7 heteroatoms. The highest BCUT2D eigenvalue weighted by Gasteiger charge is 2.44. The van der Waals surface area contributed by atoms with Gasteiger partial charge in [-0.25, -0.2) is 4.98 Å². The Hall–Kier alpha value is -3.45. The summed E-state index contributed by atoms with van der Waals surface area (Å²) in [6.45, 7) is 6.23. The lowest BCUT2D eigenvalue weighted by Crippen LogP contribution is -2.30. The van der Waals surface area contributed by atoms with Gasteiger partial charge in [0.05, 0.1) is 33.8 Å². The van der Waals surface area contributed by atoms with E-state index in [1.165, 1.54) is 16.2 Å². The summed E-state index contributed by atoms with van der Waals surface area (Å²) in [4.78, 5) is 33.0. The Bertz CT molecular complexity index is 1200. The third-order valence-electron chi connectivity index (χ3n) is 5.34. The van der Waals surface area contributed by atoms with Crippen molar-refractivity contribution in [3.63, 3.8) is 0 Å². The van der Waals surface area contributed by atoms with Gasteiger partial charge in [0.1, 0.15) is 5.75 Å². The predicted octanol–water partition coefficient (Wildman–Crippen LogP) is 4.94. The van der Waals surface area contributed by atoms with Crippen LogP contribution in [-0.4, -0.2) is 33.3 Å². The lowest BCUT2D eigenvalue weighted by atomic mass is 9.94. The Morgan fingerprint density at radius 1 is 1.16 bits per heavy atom. The third-order valence-corrected chi connectivity index (χ3v) is 6.41. The van der Waals surface area contributed by atoms with E-state index >= 15 is 0 Å². The first-order valence-corrected chi connectivity index (χ1v) is 11.2. The number of aryl methyl sites for hydroxylation is 2. The molecule has 0 radical (unpaired) electrons. The van der Waals surface area contributed by atoms with Gasteiger partial charge in [-0.2, -0.15) is 0 Å². The first-order valence-electron chi connectivity index (χ1n) is 10.4. The summed E-state index contributed by atoms with van der Waals surface area (Å²) in [6.07, 6.45) is 0. The smallest absolute Gasteiger partial charge is 0.290 e. The quantitative estimate of drug-likeness (QED) is 0.518. The molecule has 1 amide bonds. The minimum atomic E-state index is -0.739. The molecule has 1 atom stereocenters. The van der Waals surface area contributed by atoms with Gasteiger partial charge in [0, 0.05) is 6.54 Å². The van der Waals surface area contributed by atoms with E-state index in [9.17, 15) is 14.7 Å². The van der Waals surface area contributed by atoms with Crippen LogP contribution >= 0.6 is 11.3 Å². The number of ether oxygens (including phenoxy) is 1. The maximum Gasteiger partial charge on any atom is 0.290 e. The Balaban J connectivity index is 1.82. The molecule has 164 valence electrons. The largest absolute Gasteiger partial charge is 0.503 e. The number of hydrogen-bond donors (Lipinski definition) is 1. The zero-order chi connectivity index (χ0) is 22.8. The van der Waals surface area contributed by atoms with Crippen LogP contribution in [0.1, 0.15) is 44.5 Å². The summed E-state index contributed by atoms with van der Waals surface area (Å²) in [5.41, 5.74) is 2.27. The minimum Gasteiger partial charge on any atom is -0.503 e. The monoisotopic (exact) mass is 448 g/mol. The van der Waals surface area contributed by atoms with Gasteiger partial charge in [-0.05, 0) is 44.0 Å². The number of ketones is 1. The van der Waals surface area contributed by atoms with Crippen molar-refractivity contribution in [2.75, 3.05) is 6.61 Å². The first kappa shape index (κ1) is 21.8. The van der Waals surface area contributed by atoms with Crippen LogP contribution in [0.3, 0.4) is 0 Å². The van der Waals surface area contributed by atoms with Gasteiger partial charge < -0.3 is 14.7 Å². The van der Waals surface area contributed by atoms with Crippen molar-refractivity contribution in [3.8, 4) is 5.75 Å². The van der Waals surface area contributed by atoms with Crippen LogP contribution in [0.4, 0.5) is 0 Å². The molecule has 1 aliphatic rings. The van der Waals surface area contributed by atoms with Crippen molar-refractivity contribution >= 4 is 23.0 Å². The molecule has 1 N–H and O–H groups in total. The predicted molar refractivity (Wildman–Crippen MR) is 123 cm³/mol. The number of amides is 1. The van der Waals surface area contributed by atoms with Gasteiger partial charge in [0.2, 0.25) is 5.78 Å². The molecule has 32 heavy (non-hydrogen) atoms. The van der Waals surface area contributed by atoms with Crippen LogP contribution in [0.15, 0.2) is 65.9 Å². The Kier molecular flexibility index (Phi) is 6.10. The normalized spacial score (nSPS) is 16.0. The van der Waals surface area contributed by atoms with Crippen molar-refractivity contribution < 1.29 is 19.4 Å². The fraction of sp³-hybridized carbons (Fsp3) is 0.240. The van der Waals surface area contributed by atoms with Crippen LogP contribution in [-0.2, 0) is 11.3 Å². The van der Waals surface area contributed by atoms with E-state index in [1.807, 2.05) is 68.4 Å². The van der Waals surface area contributed by atoms with Crippen molar-refractivity contribution in [2.45, 2.75) is 33.4 Å². The summed E-state index contributed by atoms with van der Waals surface area (Å²) in [6, 6.07) is 16.1. The first-order chi connectivity index (χ1) is 15.4. The van der Waals surface area contributed by atoms with Crippen molar-refractivity contribution in [3.05, 3.63) is 92.6 Å². The van der Waals surface area contributed by atoms with E-state index in [4.69, 9.17) is 4.74 Å². The van der Waals surface area contributed by atoms with E-state index in [0.717, 1.165) is 10.6 Å². The van der Waals surface area contributed by atoms with Gasteiger partial charge in [-0.1, -0.05) is 42.5 Å². The van der Waals surface area contributed by atoms with Gasteiger partial charge in [-0.3, -0.25) is 9.59 Å². The van der Waals surface area contributed by atoms with Gasteiger partial charge in [-0.15, -0.1) is 11.3 Å². The fourth-order valence-corrected chi connectivity index (χ4v) is 4.85. The average molecular weight is 449 g/mol. The number of Topliss-reactive ketones (excluding diaryl/α,β-unsaturated/α-hetero) is 1. The Morgan fingerprint density at radius 2 is 1.91 bits per heavy atom. The Labute approximate surface area is 190 Å². The molecule has 0 spiro atoms.